The molecule has 0 bridgehead atoms. The maximum absolute atomic E-state index is 12.2. The Hall–Kier alpha value is -2.49. The summed E-state index contributed by atoms with van der Waals surface area (Å²) in [7, 11) is 0. The van der Waals surface area contributed by atoms with E-state index in [9.17, 15) is 14.4 Å². The highest BCUT2D eigenvalue weighted by Gasteiger charge is 2.19. The summed E-state index contributed by atoms with van der Waals surface area (Å²) in [5, 5.41) is 7.20. The fourth-order valence-electron chi connectivity index (χ4n) is 2.17. The van der Waals surface area contributed by atoms with Crippen LogP contribution in [0.5, 0.6) is 5.75 Å². The normalized spacial score (nSPS) is 11.5. The van der Waals surface area contributed by atoms with Gasteiger partial charge in [0.25, 0.3) is 11.8 Å². The molecule has 2 amide bonds. The average Bonchev–Trinajstić information content (AvgIpc) is 3.35. The standard InChI is InChI=1S/C19H15BrN2O4S2/c1-11(21-18(24)15-8-9-16(20)28-15)19(25)26-13-6-4-12(5-7-13)22-17(23)14-3-2-10-27-14/h2-11H,1H3,(H,21,24)(H,22,23). The molecule has 0 spiro atoms. The van der Waals surface area contributed by atoms with Gasteiger partial charge in [-0.25, -0.2) is 4.79 Å². The molecule has 9 heteroatoms. The van der Waals surface area contributed by atoms with Crippen LogP contribution in [0, 0.1) is 0 Å². The van der Waals surface area contributed by atoms with E-state index >= 15 is 0 Å². The lowest BCUT2D eigenvalue weighted by atomic mass is 10.3. The van der Waals surface area contributed by atoms with E-state index in [0.29, 0.717) is 21.2 Å². The Bertz CT molecular complexity index is 984. The van der Waals surface area contributed by atoms with Crippen molar-refractivity contribution in [2.24, 2.45) is 0 Å². The van der Waals surface area contributed by atoms with Crippen molar-refractivity contribution < 1.29 is 19.1 Å². The van der Waals surface area contributed by atoms with Crippen molar-refractivity contribution in [1.82, 2.24) is 5.32 Å². The Balaban J connectivity index is 1.53. The first-order valence-corrected chi connectivity index (χ1v) is 10.6. The molecule has 2 N–H and O–H groups in total. The first kappa shape index (κ1) is 20.2. The first-order chi connectivity index (χ1) is 13.4. The third-order valence-electron chi connectivity index (χ3n) is 3.57. The number of thiophene rings is 2. The quantitative estimate of drug-likeness (QED) is 0.402. The zero-order chi connectivity index (χ0) is 20.1. The molecule has 6 nitrogen and oxygen atoms in total. The van der Waals surface area contributed by atoms with Gasteiger partial charge in [-0.15, -0.1) is 22.7 Å². The Labute approximate surface area is 177 Å². The smallest absolute Gasteiger partial charge is 0.333 e. The number of rotatable bonds is 6. The van der Waals surface area contributed by atoms with Gasteiger partial charge in [0.2, 0.25) is 0 Å². The van der Waals surface area contributed by atoms with Crippen molar-refractivity contribution in [2.45, 2.75) is 13.0 Å². The molecule has 1 aromatic carbocycles. The van der Waals surface area contributed by atoms with Crippen molar-refractivity contribution >= 4 is 62.1 Å². The molecule has 0 saturated carbocycles. The number of nitrogens with one attached hydrogen (secondary N) is 2. The number of carbonyl (C=O) groups is 3. The molecule has 1 unspecified atom stereocenters. The molecule has 28 heavy (non-hydrogen) atoms. The molecular formula is C19H15BrN2O4S2. The number of benzene rings is 1. The predicted molar refractivity (Wildman–Crippen MR) is 113 cm³/mol. The van der Waals surface area contributed by atoms with E-state index in [1.807, 2.05) is 5.38 Å². The second-order valence-corrected chi connectivity index (χ2v) is 9.09. The second kappa shape index (κ2) is 9.13. The topological polar surface area (TPSA) is 84.5 Å². The van der Waals surface area contributed by atoms with Gasteiger partial charge in [0.1, 0.15) is 11.8 Å². The summed E-state index contributed by atoms with van der Waals surface area (Å²) in [6, 6.07) is 12.6. The molecule has 2 heterocycles. The fourth-order valence-corrected chi connectivity index (χ4v) is 4.08. The molecular weight excluding hydrogens is 464 g/mol. The molecule has 0 saturated heterocycles. The lowest BCUT2D eigenvalue weighted by Crippen LogP contribution is -2.40. The van der Waals surface area contributed by atoms with Crippen molar-refractivity contribution in [1.29, 1.82) is 0 Å². The van der Waals surface area contributed by atoms with E-state index < -0.39 is 12.0 Å². The highest BCUT2D eigenvalue weighted by molar-refractivity contribution is 9.11. The highest BCUT2D eigenvalue weighted by Crippen LogP contribution is 2.22. The zero-order valence-corrected chi connectivity index (χ0v) is 17.8. The number of halogens is 1. The van der Waals surface area contributed by atoms with Gasteiger partial charge in [0.05, 0.1) is 13.5 Å². The van der Waals surface area contributed by atoms with Gasteiger partial charge in [-0.2, -0.15) is 0 Å². The van der Waals surface area contributed by atoms with Crippen LogP contribution >= 0.6 is 38.6 Å². The van der Waals surface area contributed by atoms with Crippen LogP contribution in [0.15, 0.2) is 57.7 Å². The van der Waals surface area contributed by atoms with Crippen LogP contribution in [0.2, 0.25) is 0 Å². The fraction of sp³-hybridized carbons (Fsp3) is 0.105. The minimum Gasteiger partial charge on any atom is -0.425 e. The Kier molecular flexibility index (Phi) is 6.61. The van der Waals surface area contributed by atoms with Crippen LogP contribution in [0.3, 0.4) is 0 Å². The number of esters is 1. The van der Waals surface area contributed by atoms with Gasteiger partial charge in [-0.1, -0.05) is 6.07 Å². The highest BCUT2D eigenvalue weighted by atomic mass is 79.9. The van der Waals surface area contributed by atoms with E-state index in [1.54, 1.807) is 55.5 Å². The third kappa shape index (κ3) is 5.28. The van der Waals surface area contributed by atoms with Gasteiger partial charge < -0.3 is 15.4 Å². The molecule has 0 aliphatic heterocycles. The monoisotopic (exact) mass is 478 g/mol. The summed E-state index contributed by atoms with van der Waals surface area (Å²) < 4.78 is 6.11. The van der Waals surface area contributed by atoms with E-state index in [-0.39, 0.29) is 11.8 Å². The lowest BCUT2D eigenvalue weighted by Gasteiger charge is -2.13. The molecule has 0 radical (unpaired) electrons. The largest absolute Gasteiger partial charge is 0.425 e. The number of hydrogen-bond donors (Lipinski definition) is 2. The second-order valence-electron chi connectivity index (χ2n) is 5.68. The Morgan fingerprint density at radius 1 is 1.00 bits per heavy atom. The van der Waals surface area contributed by atoms with Crippen LogP contribution in [0.4, 0.5) is 5.69 Å². The van der Waals surface area contributed by atoms with Gasteiger partial charge >= 0.3 is 5.97 Å². The molecule has 0 aliphatic rings. The van der Waals surface area contributed by atoms with E-state index in [1.165, 1.54) is 22.7 Å². The molecule has 3 rings (SSSR count). The number of amides is 2. The number of hydrogen-bond acceptors (Lipinski definition) is 6. The van der Waals surface area contributed by atoms with Gasteiger partial charge in [0, 0.05) is 5.69 Å². The van der Waals surface area contributed by atoms with Crippen molar-refractivity contribution in [3.8, 4) is 5.75 Å². The summed E-state index contributed by atoms with van der Waals surface area (Å²) in [4.78, 5) is 37.4. The van der Waals surface area contributed by atoms with E-state index in [4.69, 9.17) is 4.74 Å². The number of ether oxygens (including phenoxy) is 1. The predicted octanol–water partition coefficient (Wildman–Crippen LogP) is 4.55. The molecule has 3 aromatic rings. The summed E-state index contributed by atoms with van der Waals surface area (Å²) in [6.07, 6.45) is 0. The molecule has 0 fully saturated rings. The molecule has 144 valence electrons. The third-order valence-corrected chi connectivity index (χ3v) is 6.06. The lowest BCUT2D eigenvalue weighted by molar-refractivity contribution is -0.136. The number of carbonyl (C=O) groups excluding carboxylic acids is 3. The Morgan fingerprint density at radius 3 is 2.36 bits per heavy atom. The van der Waals surface area contributed by atoms with Crippen LogP contribution < -0.4 is 15.4 Å². The zero-order valence-electron chi connectivity index (χ0n) is 14.6. The van der Waals surface area contributed by atoms with Crippen LogP contribution in [-0.4, -0.2) is 23.8 Å². The van der Waals surface area contributed by atoms with Crippen LogP contribution in [0.1, 0.15) is 26.3 Å². The van der Waals surface area contributed by atoms with E-state index in [2.05, 4.69) is 26.6 Å². The van der Waals surface area contributed by atoms with Crippen molar-refractivity contribution in [3.05, 3.63) is 67.5 Å². The van der Waals surface area contributed by atoms with Gasteiger partial charge in [0.15, 0.2) is 0 Å². The molecule has 1 atom stereocenters. The molecule has 0 aliphatic carbocycles. The maximum Gasteiger partial charge on any atom is 0.333 e. The summed E-state index contributed by atoms with van der Waals surface area (Å²) in [5.74, 6) is -0.804. The summed E-state index contributed by atoms with van der Waals surface area (Å²) >= 11 is 5.92. The van der Waals surface area contributed by atoms with Crippen molar-refractivity contribution in [2.75, 3.05) is 5.32 Å². The van der Waals surface area contributed by atoms with Crippen molar-refractivity contribution in [3.63, 3.8) is 0 Å². The van der Waals surface area contributed by atoms with Crippen LogP contribution in [0.25, 0.3) is 0 Å². The number of anilines is 1. The maximum atomic E-state index is 12.2. The minimum atomic E-state index is -0.813. The van der Waals surface area contributed by atoms with E-state index in [0.717, 1.165) is 3.79 Å². The minimum absolute atomic E-state index is 0.198. The Morgan fingerprint density at radius 2 is 1.75 bits per heavy atom. The van der Waals surface area contributed by atoms with Gasteiger partial charge in [-0.05, 0) is 70.7 Å². The average molecular weight is 479 g/mol. The summed E-state index contributed by atoms with van der Waals surface area (Å²) in [5.41, 5.74) is 0.586. The van der Waals surface area contributed by atoms with Gasteiger partial charge in [-0.3, -0.25) is 9.59 Å². The summed E-state index contributed by atoms with van der Waals surface area (Å²) in [6.45, 7) is 1.55. The van der Waals surface area contributed by atoms with Crippen LogP contribution in [-0.2, 0) is 4.79 Å². The first-order valence-electron chi connectivity index (χ1n) is 8.15. The SMILES string of the molecule is CC(NC(=O)c1ccc(Br)s1)C(=O)Oc1ccc(NC(=O)c2cccs2)cc1. The molecule has 2 aromatic heterocycles.